The van der Waals surface area contributed by atoms with Gasteiger partial charge in [-0.1, -0.05) is 40.9 Å². The van der Waals surface area contributed by atoms with Crippen molar-refractivity contribution in [2.45, 2.75) is 13.0 Å². The molecule has 110 valence electrons. The zero-order valence-electron chi connectivity index (χ0n) is 11.0. The van der Waals surface area contributed by atoms with Gasteiger partial charge in [-0.3, -0.25) is 0 Å². The third kappa shape index (κ3) is 3.82. The Kier molecular flexibility index (Phi) is 4.99. The van der Waals surface area contributed by atoms with E-state index in [0.29, 0.717) is 15.7 Å². The second-order valence-corrected chi connectivity index (χ2v) is 5.76. The lowest BCUT2D eigenvalue weighted by molar-refractivity contribution is 0.0697. The highest BCUT2D eigenvalue weighted by Crippen LogP contribution is 2.28. The fraction of sp³-hybridized carbons (Fsp3) is 0.133. The van der Waals surface area contributed by atoms with Crippen LogP contribution in [0.3, 0.4) is 0 Å². The van der Waals surface area contributed by atoms with Crippen LogP contribution in [0.2, 0.25) is 15.1 Å². The van der Waals surface area contributed by atoms with Gasteiger partial charge in [-0.2, -0.15) is 0 Å². The molecule has 3 nitrogen and oxygen atoms in total. The molecule has 2 aromatic carbocycles. The van der Waals surface area contributed by atoms with Crippen molar-refractivity contribution in [3.05, 3.63) is 62.6 Å². The molecule has 0 aromatic heterocycles. The number of carboxylic acids is 1. The molecule has 0 fully saturated rings. The number of halogens is 3. The Bertz CT molecular complexity index is 689. The molecule has 0 bridgehead atoms. The van der Waals surface area contributed by atoms with E-state index in [1.807, 2.05) is 13.0 Å². The molecule has 21 heavy (non-hydrogen) atoms. The molecule has 0 amide bonds. The first kappa shape index (κ1) is 16.0. The first-order valence-electron chi connectivity index (χ1n) is 6.13. The van der Waals surface area contributed by atoms with Crippen molar-refractivity contribution in [2.24, 2.45) is 0 Å². The molecule has 2 N–H and O–H groups in total. The number of hydrogen-bond donors (Lipinski definition) is 2. The molecular weight excluding hydrogens is 333 g/mol. The van der Waals surface area contributed by atoms with Gasteiger partial charge in [0.25, 0.3) is 0 Å². The van der Waals surface area contributed by atoms with Gasteiger partial charge in [0.1, 0.15) is 0 Å². The van der Waals surface area contributed by atoms with Crippen LogP contribution in [0.1, 0.15) is 28.9 Å². The number of nitrogens with one attached hydrogen (secondary N) is 1. The molecule has 1 atom stereocenters. The summed E-state index contributed by atoms with van der Waals surface area (Å²) in [4.78, 5) is 11.1. The van der Waals surface area contributed by atoms with Crippen molar-refractivity contribution >= 4 is 46.5 Å². The Morgan fingerprint density at radius 1 is 1.05 bits per heavy atom. The highest BCUT2D eigenvalue weighted by molar-refractivity contribution is 6.42. The number of carbonyl (C=O) groups is 1. The summed E-state index contributed by atoms with van der Waals surface area (Å²) in [5, 5.41) is 13.4. The first-order chi connectivity index (χ1) is 9.88. The quantitative estimate of drug-likeness (QED) is 0.768. The van der Waals surface area contributed by atoms with Crippen LogP contribution >= 0.6 is 34.8 Å². The van der Waals surface area contributed by atoms with Crippen molar-refractivity contribution < 1.29 is 9.90 Å². The summed E-state index contributed by atoms with van der Waals surface area (Å²) in [5.74, 6) is -1.06. The molecule has 0 spiro atoms. The van der Waals surface area contributed by atoms with Crippen LogP contribution in [-0.4, -0.2) is 11.1 Å². The molecule has 1 unspecified atom stereocenters. The topological polar surface area (TPSA) is 49.3 Å². The summed E-state index contributed by atoms with van der Waals surface area (Å²) in [6.07, 6.45) is 0. The third-order valence-corrected chi connectivity index (χ3v) is 4.09. The predicted molar refractivity (Wildman–Crippen MR) is 86.9 cm³/mol. The fourth-order valence-electron chi connectivity index (χ4n) is 1.89. The Morgan fingerprint density at radius 2 is 1.71 bits per heavy atom. The van der Waals surface area contributed by atoms with E-state index in [0.717, 1.165) is 5.56 Å². The first-order valence-corrected chi connectivity index (χ1v) is 7.26. The fourth-order valence-corrected chi connectivity index (χ4v) is 2.40. The Labute approximate surface area is 137 Å². The Hall–Kier alpha value is -1.42. The molecule has 0 saturated heterocycles. The highest BCUT2D eigenvalue weighted by Gasteiger charge is 2.12. The molecule has 0 radical (unpaired) electrons. The highest BCUT2D eigenvalue weighted by atomic mass is 35.5. The van der Waals surface area contributed by atoms with Gasteiger partial charge in [-0.15, -0.1) is 0 Å². The van der Waals surface area contributed by atoms with Gasteiger partial charge in [0, 0.05) is 11.7 Å². The predicted octanol–water partition coefficient (Wildman–Crippen LogP) is 5.52. The van der Waals surface area contributed by atoms with E-state index in [-0.39, 0.29) is 16.6 Å². The second-order valence-electron chi connectivity index (χ2n) is 4.54. The molecular formula is C15H12Cl3NO2. The maximum absolute atomic E-state index is 11.1. The van der Waals surface area contributed by atoms with Crippen LogP contribution in [0.5, 0.6) is 0 Å². The Morgan fingerprint density at radius 3 is 2.33 bits per heavy atom. The van der Waals surface area contributed by atoms with Crippen molar-refractivity contribution in [3.8, 4) is 0 Å². The lowest BCUT2D eigenvalue weighted by Crippen LogP contribution is -2.08. The maximum atomic E-state index is 11.1. The van der Waals surface area contributed by atoms with E-state index in [1.165, 1.54) is 6.07 Å². The minimum atomic E-state index is -1.06. The van der Waals surface area contributed by atoms with Gasteiger partial charge in [0.15, 0.2) is 0 Å². The number of carboxylic acid groups (broad SMARTS) is 1. The molecule has 6 heteroatoms. The average molecular weight is 345 g/mol. The molecule has 2 aromatic rings. The summed E-state index contributed by atoms with van der Waals surface area (Å²) in [7, 11) is 0. The van der Waals surface area contributed by atoms with Gasteiger partial charge in [-0.25, -0.2) is 4.79 Å². The van der Waals surface area contributed by atoms with E-state index in [2.05, 4.69) is 5.32 Å². The van der Waals surface area contributed by atoms with E-state index in [4.69, 9.17) is 39.9 Å². The molecule has 0 aliphatic rings. The van der Waals surface area contributed by atoms with E-state index in [1.54, 1.807) is 24.3 Å². The largest absolute Gasteiger partial charge is 0.478 e. The van der Waals surface area contributed by atoms with Crippen LogP contribution < -0.4 is 5.32 Å². The van der Waals surface area contributed by atoms with Crippen LogP contribution in [0.15, 0.2) is 36.4 Å². The average Bonchev–Trinajstić information content (AvgIpc) is 2.43. The number of anilines is 1. The van der Waals surface area contributed by atoms with Crippen molar-refractivity contribution in [1.82, 2.24) is 0 Å². The van der Waals surface area contributed by atoms with Gasteiger partial charge in [-0.05, 0) is 42.8 Å². The standard InChI is InChI=1S/C15H12Cl3NO2/c1-8(9-2-4-13(17)14(18)6-9)19-10-3-5-12(16)11(7-10)15(20)21/h2-8,19H,1H3,(H,20,21). The lowest BCUT2D eigenvalue weighted by Gasteiger charge is -2.17. The minimum absolute atomic E-state index is 0.0583. The monoisotopic (exact) mass is 343 g/mol. The zero-order chi connectivity index (χ0) is 15.6. The maximum Gasteiger partial charge on any atom is 0.337 e. The van der Waals surface area contributed by atoms with Crippen LogP contribution in [-0.2, 0) is 0 Å². The number of benzene rings is 2. The van der Waals surface area contributed by atoms with Crippen molar-refractivity contribution in [3.63, 3.8) is 0 Å². The van der Waals surface area contributed by atoms with Gasteiger partial charge in [0.05, 0.1) is 20.6 Å². The molecule has 0 heterocycles. The zero-order valence-corrected chi connectivity index (χ0v) is 13.3. The summed E-state index contributed by atoms with van der Waals surface area (Å²) in [5.41, 5.74) is 1.66. The van der Waals surface area contributed by atoms with Gasteiger partial charge < -0.3 is 10.4 Å². The Balaban J connectivity index is 2.23. The van der Waals surface area contributed by atoms with Crippen LogP contribution in [0.25, 0.3) is 0 Å². The van der Waals surface area contributed by atoms with Crippen LogP contribution in [0.4, 0.5) is 5.69 Å². The molecule has 0 aliphatic carbocycles. The van der Waals surface area contributed by atoms with E-state index < -0.39 is 5.97 Å². The van der Waals surface area contributed by atoms with Gasteiger partial charge in [0.2, 0.25) is 0 Å². The summed E-state index contributed by atoms with van der Waals surface area (Å²) >= 11 is 17.7. The minimum Gasteiger partial charge on any atom is -0.478 e. The van der Waals surface area contributed by atoms with E-state index in [9.17, 15) is 4.79 Å². The summed E-state index contributed by atoms with van der Waals surface area (Å²) < 4.78 is 0. The van der Waals surface area contributed by atoms with Gasteiger partial charge >= 0.3 is 5.97 Å². The summed E-state index contributed by atoms with van der Waals surface area (Å²) in [6.45, 7) is 1.94. The molecule has 0 saturated carbocycles. The SMILES string of the molecule is CC(Nc1ccc(Cl)c(C(=O)O)c1)c1ccc(Cl)c(Cl)c1. The number of hydrogen-bond acceptors (Lipinski definition) is 2. The normalized spacial score (nSPS) is 12.0. The number of aromatic carboxylic acids is 1. The summed E-state index contributed by atoms with van der Waals surface area (Å²) in [6, 6.07) is 10.1. The lowest BCUT2D eigenvalue weighted by atomic mass is 10.1. The van der Waals surface area contributed by atoms with Crippen molar-refractivity contribution in [1.29, 1.82) is 0 Å². The van der Waals surface area contributed by atoms with Crippen molar-refractivity contribution in [2.75, 3.05) is 5.32 Å². The second kappa shape index (κ2) is 6.56. The van der Waals surface area contributed by atoms with Crippen LogP contribution in [0, 0.1) is 0 Å². The smallest absolute Gasteiger partial charge is 0.337 e. The molecule has 2 rings (SSSR count). The molecule has 0 aliphatic heterocycles. The third-order valence-electron chi connectivity index (χ3n) is 3.02. The van der Waals surface area contributed by atoms with E-state index >= 15 is 0 Å². The number of rotatable bonds is 4.